The van der Waals surface area contributed by atoms with Crippen LogP contribution in [0.1, 0.15) is 11.1 Å². The minimum Gasteiger partial charge on any atom is -0.480 e. The Hall–Kier alpha value is -4.18. The number of rotatable bonds is 6. The molecule has 0 aliphatic rings. The molecular formula is C25H17ClF3N3O4. The molecule has 36 heavy (non-hydrogen) atoms. The molecule has 11 heteroatoms. The van der Waals surface area contributed by atoms with Gasteiger partial charge in [0.15, 0.2) is 12.4 Å². The summed E-state index contributed by atoms with van der Waals surface area (Å²) in [7, 11) is 1.23. The summed E-state index contributed by atoms with van der Waals surface area (Å²) in [5.74, 6) is -0.416. The van der Waals surface area contributed by atoms with Gasteiger partial charge in [-0.2, -0.15) is 22.9 Å². The van der Waals surface area contributed by atoms with Gasteiger partial charge in [-0.25, -0.2) is 9.78 Å². The summed E-state index contributed by atoms with van der Waals surface area (Å²) in [5, 5.41) is 4.63. The van der Waals surface area contributed by atoms with Gasteiger partial charge >= 0.3 is 12.1 Å². The number of aromatic nitrogens is 2. The lowest BCUT2D eigenvalue weighted by Crippen LogP contribution is -2.20. The summed E-state index contributed by atoms with van der Waals surface area (Å²) >= 11 is 6.21. The Morgan fingerprint density at radius 2 is 1.89 bits per heavy atom. The van der Waals surface area contributed by atoms with Crippen LogP contribution < -0.4 is 10.3 Å². The van der Waals surface area contributed by atoms with Crippen LogP contribution in [0, 0.1) is 0 Å². The molecule has 184 valence electrons. The van der Waals surface area contributed by atoms with Gasteiger partial charge in [-0.3, -0.25) is 4.79 Å². The minimum atomic E-state index is -4.57. The Bertz CT molecular complexity index is 1530. The predicted molar refractivity (Wildman–Crippen MR) is 128 cm³/mol. The van der Waals surface area contributed by atoms with Gasteiger partial charge in [-0.05, 0) is 48.0 Å². The van der Waals surface area contributed by atoms with Crippen molar-refractivity contribution >= 4 is 34.7 Å². The zero-order chi connectivity index (χ0) is 25.9. The van der Waals surface area contributed by atoms with Crippen molar-refractivity contribution in [3.05, 3.63) is 93.2 Å². The predicted octanol–water partition coefficient (Wildman–Crippen LogP) is 5.17. The summed E-state index contributed by atoms with van der Waals surface area (Å²) in [4.78, 5) is 28.9. The summed E-state index contributed by atoms with van der Waals surface area (Å²) in [5.41, 5.74) is -0.605. The first kappa shape index (κ1) is 24.9. The lowest BCUT2D eigenvalue weighted by molar-refractivity contribution is -0.143. The molecule has 3 aromatic carbocycles. The highest BCUT2D eigenvalue weighted by molar-refractivity contribution is 6.32. The second kappa shape index (κ2) is 10.2. The first-order chi connectivity index (χ1) is 17.2. The van der Waals surface area contributed by atoms with E-state index in [1.165, 1.54) is 37.6 Å². The SMILES string of the molecule is COC(=O)COc1ccc(C=Nn2c(-c3cccc(C(F)(F)F)c3)nc3ccccc3c2=O)cc1Cl. The molecule has 0 saturated heterocycles. The van der Waals surface area contributed by atoms with E-state index in [1.807, 2.05) is 0 Å². The van der Waals surface area contributed by atoms with Crippen LogP contribution >= 0.6 is 11.6 Å². The molecule has 0 spiro atoms. The first-order valence-electron chi connectivity index (χ1n) is 10.4. The number of para-hydroxylation sites is 1. The number of carbonyl (C=O) groups excluding carboxylic acids is 1. The number of benzene rings is 3. The quantitative estimate of drug-likeness (QED) is 0.261. The van der Waals surface area contributed by atoms with Gasteiger partial charge < -0.3 is 9.47 Å². The summed E-state index contributed by atoms with van der Waals surface area (Å²) in [6, 6.07) is 15.5. The number of halogens is 4. The lowest BCUT2D eigenvalue weighted by Gasteiger charge is -2.12. The monoisotopic (exact) mass is 515 g/mol. The van der Waals surface area contributed by atoms with Crippen molar-refractivity contribution in [1.82, 2.24) is 9.66 Å². The topological polar surface area (TPSA) is 82.8 Å². The van der Waals surface area contributed by atoms with Crippen molar-refractivity contribution in [2.45, 2.75) is 6.18 Å². The average molecular weight is 516 g/mol. The van der Waals surface area contributed by atoms with Crippen LogP contribution in [0.2, 0.25) is 5.02 Å². The molecule has 0 N–H and O–H groups in total. The molecule has 0 bridgehead atoms. The largest absolute Gasteiger partial charge is 0.480 e. The molecule has 0 radical (unpaired) electrons. The maximum absolute atomic E-state index is 13.3. The zero-order valence-corrected chi connectivity index (χ0v) is 19.4. The van der Waals surface area contributed by atoms with Crippen LogP contribution in [0.5, 0.6) is 5.75 Å². The molecule has 7 nitrogen and oxygen atoms in total. The highest BCUT2D eigenvalue weighted by atomic mass is 35.5. The molecule has 0 atom stereocenters. The molecule has 0 saturated carbocycles. The zero-order valence-electron chi connectivity index (χ0n) is 18.6. The molecule has 0 unspecified atom stereocenters. The van der Waals surface area contributed by atoms with E-state index in [2.05, 4.69) is 14.8 Å². The number of nitrogens with zero attached hydrogens (tertiary/aromatic N) is 3. The van der Waals surface area contributed by atoms with E-state index in [0.717, 1.165) is 16.8 Å². The van der Waals surface area contributed by atoms with Crippen molar-refractivity contribution in [1.29, 1.82) is 0 Å². The third kappa shape index (κ3) is 5.38. The van der Waals surface area contributed by atoms with E-state index in [-0.39, 0.29) is 34.2 Å². The van der Waals surface area contributed by atoms with Crippen molar-refractivity contribution in [3.8, 4) is 17.1 Å². The van der Waals surface area contributed by atoms with E-state index in [4.69, 9.17) is 16.3 Å². The van der Waals surface area contributed by atoms with Crippen LogP contribution in [0.3, 0.4) is 0 Å². The third-order valence-corrected chi connectivity index (χ3v) is 5.35. The molecule has 0 aliphatic carbocycles. The van der Waals surface area contributed by atoms with E-state index in [9.17, 15) is 22.8 Å². The van der Waals surface area contributed by atoms with Gasteiger partial charge in [0.25, 0.3) is 5.56 Å². The van der Waals surface area contributed by atoms with E-state index in [0.29, 0.717) is 11.1 Å². The third-order valence-electron chi connectivity index (χ3n) is 5.05. The normalized spacial score (nSPS) is 11.7. The van der Waals surface area contributed by atoms with Crippen molar-refractivity contribution in [3.63, 3.8) is 0 Å². The van der Waals surface area contributed by atoms with Crippen LogP contribution in [-0.4, -0.2) is 35.6 Å². The second-order valence-electron chi connectivity index (χ2n) is 7.45. The number of ether oxygens (including phenoxy) is 2. The smallest absolute Gasteiger partial charge is 0.416 e. The number of carbonyl (C=O) groups is 1. The number of hydrogen-bond donors (Lipinski definition) is 0. The van der Waals surface area contributed by atoms with Crippen LogP contribution in [0.25, 0.3) is 22.3 Å². The number of hydrogen-bond acceptors (Lipinski definition) is 6. The molecule has 1 heterocycles. The molecule has 1 aromatic heterocycles. The Labute approximate surface area is 207 Å². The maximum Gasteiger partial charge on any atom is 0.416 e. The van der Waals surface area contributed by atoms with Gasteiger partial charge in [-0.1, -0.05) is 35.9 Å². The van der Waals surface area contributed by atoms with E-state index >= 15 is 0 Å². The second-order valence-corrected chi connectivity index (χ2v) is 7.85. The van der Waals surface area contributed by atoms with Crippen LogP contribution in [0.4, 0.5) is 13.2 Å². The Morgan fingerprint density at radius 3 is 2.61 bits per heavy atom. The summed E-state index contributed by atoms with van der Waals surface area (Å²) < 4.78 is 50.7. The molecule has 4 aromatic rings. The molecular weight excluding hydrogens is 499 g/mol. The average Bonchev–Trinajstić information content (AvgIpc) is 2.87. The minimum absolute atomic E-state index is 0.0643. The first-order valence-corrected chi connectivity index (χ1v) is 10.8. The van der Waals surface area contributed by atoms with Crippen LogP contribution in [0.15, 0.2) is 76.6 Å². The van der Waals surface area contributed by atoms with Crippen molar-refractivity contribution < 1.29 is 27.4 Å². The lowest BCUT2D eigenvalue weighted by atomic mass is 10.1. The Kier molecular flexibility index (Phi) is 7.07. The number of methoxy groups -OCH3 is 1. The summed E-state index contributed by atoms with van der Waals surface area (Å²) in [6.45, 7) is -0.331. The fraction of sp³-hybridized carbons (Fsp3) is 0.120. The molecule has 0 amide bonds. The van der Waals surface area contributed by atoms with Crippen molar-refractivity contribution in [2.24, 2.45) is 5.10 Å². The van der Waals surface area contributed by atoms with Gasteiger partial charge in [0, 0.05) is 5.56 Å². The fourth-order valence-corrected chi connectivity index (χ4v) is 3.53. The van der Waals surface area contributed by atoms with Crippen molar-refractivity contribution in [2.75, 3.05) is 13.7 Å². The van der Waals surface area contributed by atoms with E-state index in [1.54, 1.807) is 30.3 Å². The fourth-order valence-electron chi connectivity index (χ4n) is 3.29. The molecule has 4 rings (SSSR count). The standard InChI is InChI=1S/C25H17ClF3N3O4/c1-35-22(33)14-36-21-10-9-15(11-19(21)26)13-30-32-23(16-5-4-6-17(12-16)25(27,28)29)31-20-8-3-2-7-18(20)24(32)34/h2-13H,14H2,1H3. The maximum atomic E-state index is 13.3. The van der Waals surface area contributed by atoms with E-state index < -0.39 is 23.3 Å². The Morgan fingerprint density at radius 1 is 1.11 bits per heavy atom. The molecule has 0 aliphatic heterocycles. The van der Waals surface area contributed by atoms with Gasteiger partial charge in [-0.15, -0.1) is 0 Å². The molecule has 0 fully saturated rings. The van der Waals surface area contributed by atoms with Gasteiger partial charge in [0.05, 0.1) is 34.8 Å². The highest BCUT2D eigenvalue weighted by Gasteiger charge is 2.31. The Balaban J connectivity index is 1.77. The highest BCUT2D eigenvalue weighted by Crippen LogP contribution is 2.32. The number of esters is 1. The van der Waals surface area contributed by atoms with Gasteiger partial charge in [0.2, 0.25) is 0 Å². The van der Waals surface area contributed by atoms with Gasteiger partial charge in [0.1, 0.15) is 5.75 Å². The number of alkyl halides is 3. The summed E-state index contributed by atoms with van der Waals surface area (Å²) in [6.07, 6.45) is -3.26. The van der Waals surface area contributed by atoms with Crippen LogP contribution in [-0.2, 0) is 15.7 Å². The number of fused-ring (bicyclic) bond motifs is 1.